The lowest BCUT2D eigenvalue weighted by atomic mass is 10.1. The van der Waals surface area contributed by atoms with E-state index in [-0.39, 0.29) is 5.92 Å². The molecule has 4 heteroatoms. The van der Waals surface area contributed by atoms with Crippen molar-refractivity contribution in [1.29, 1.82) is 0 Å². The number of aliphatic carboxylic acids is 1. The number of aromatic nitrogens is 1. The first-order valence-electron chi connectivity index (χ1n) is 4.74. The number of fused-ring (bicyclic) bond motifs is 1. The number of nitrogens with zero attached hydrogens (tertiary/aromatic N) is 1. The van der Waals surface area contributed by atoms with Crippen LogP contribution in [0.1, 0.15) is 11.9 Å². The van der Waals surface area contributed by atoms with Crippen LogP contribution in [0.3, 0.4) is 0 Å². The van der Waals surface area contributed by atoms with Crippen LogP contribution in [0.4, 0.5) is 0 Å². The van der Waals surface area contributed by atoms with Crippen molar-refractivity contribution in [3.8, 4) is 0 Å². The van der Waals surface area contributed by atoms with E-state index >= 15 is 0 Å². The number of para-hydroxylation sites is 1. The quantitative estimate of drug-likeness (QED) is 0.866. The number of rotatable bonds is 3. The molecule has 1 aromatic carbocycles. The molecule has 0 bridgehead atoms. The van der Waals surface area contributed by atoms with Crippen LogP contribution in [-0.2, 0) is 11.2 Å². The summed E-state index contributed by atoms with van der Waals surface area (Å²) in [6, 6.07) is 7.85. The van der Waals surface area contributed by atoms with Gasteiger partial charge in [-0.1, -0.05) is 19.1 Å². The second-order valence-electron chi connectivity index (χ2n) is 3.52. The Kier molecular flexibility index (Phi) is 2.68. The molecule has 0 amide bonds. The van der Waals surface area contributed by atoms with E-state index in [0.717, 1.165) is 15.2 Å². The van der Waals surface area contributed by atoms with Crippen LogP contribution in [0.25, 0.3) is 10.2 Å². The van der Waals surface area contributed by atoms with Gasteiger partial charge in [0, 0.05) is 6.42 Å². The molecule has 2 rings (SSSR count). The first kappa shape index (κ1) is 10.1. The minimum absolute atomic E-state index is 0.370. The monoisotopic (exact) mass is 221 g/mol. The molecule has 78 valence electrons. The summed E-state index contributed by atoms with van der Waals surface area (Å²) >= 11 is 1.57. The maximum atomic E-state index is 10.7. The standard InChI is InChI=1S/C11H11NO2S/c1-7(11(13)14)6-10-12-8-4-2-3-5-9(8)15-10/h2-5,7H,6H2,1H3,(H,13,14)/t7-/m0/s1. The van der Waals surface area contributed by atoms with Gasteiger partial charge in [-0.3, -0.25) is 4.79 Å². The van der Waals surface area contributed by atoms with Gasteiger partial charge in [-0.15, -0.1) is 11.3 Å². The third-order valence-corrected chi connectivity index (χ3v) is 3.30. The normalized spacial score (nSPS) is 12.9. The SMILES string of the molecule is C[C@@H](Cc1nc2ccccc2s1)C(=O)O. The molecular weight excluding hydrogens is 210 g/mol. The lowest BCUT2D eigenvalue weighted by molar-refractivity contribution is -0.141. The fourth-order valence-electron chi connectivity index (χ4n) is 1.36. The summed E-state index contributed by atoms with van der Waals surface area (Å²) < 4.78 is 1.12. The summed E-state index contributed by atoms with van der Waals surface area (Å²) in [6.45, 7) is 1.70. The molecule has 1 heterocycles. The molecule has 0 aliphatic carbocycles. The van der Waals surface area contributed by atoms with Crippen molar-refractivity contribution in [1.82, 2.24) is 4.98 Å². The van der Waals surface area contributed by atoms with E-state index in [1.165, 1.54) is 0 Å². The van der Waals surface area contributed by atoms with E-state index in [9.17, 15) is 4.79 Å². The van der Waals surface area contributed by atoms with Gasteiger partial charge in [-0.05, 0) is 12.1 Å². The third kappa shape index (κ3) is 2.15. The van der Waals surface area contributed by atoms with Crippen LogP contribution >= 0.6 is 11.3 Å². The minimum atomic E-state index is -0.769. The first-order chi connectivity index (χ1) is 7.16. The Morgan fingerprint density at radius 2 is 2.27 bits per heavy atom. The van der Waals surface area contributed by atoms with E-state index < -0.39 is 5.97 Å². The van der Waals surface area contributed by atoms with Crippen molar-refractivity contribution in [3.05, 3.63) is 29.3 Å². The predicted molar refractivity (Wildman–Crippen MR) is 60.1 cm³/mol. The number of hydrogen-bond acceptors (Lipinski definition) is 3. The van der Waals surface area contributed by atoms with Crippen molar-refractivity contribution in [3.63, 3.8) is 0 Å². The molecule has 1 aromatic heterocycles. The molecule has 1 N–H and O–H groups in total. The molecule has 0 saturated carbocycles. The summed E-state index contributed by atoms with van der Waals surface area (Å²) in [5, 5.41) is 9.69. The number of hydrogen-bond donors (Lipinski definition) is 1. The van der Waals surface area contributed by atoms with E-state index in [1.54, 1.807) is 18.3 Å². The summed E-state index contributed by atoms with van der Waals surface area (Å²) in [5.74, 6) is -1.14. The van der Waals surface area contributed by atoms with Gasteiger partial charge in [-0.25, -0.2) is 4.98 Å². The van der Waals surface area contributed by atoms with Crippen LogP contribution in [0.5, 0.6) is 0 Å². The second-order valence-corrected chi connectivity index (χ2v) is 4.63. The fourth-order valence-corrected chi connectivity index (χ4v) is 2.45. The number of benzene rings is 1. The Labute approximate surface area is 91.4 Å². The highest BCUT2D eigenvalue weighted by atomic mass is 32.1. The van der Waals surface area contributed by atoms with Gasteiger partial charge >= 0.3 is 5.97 Å². The van der Waals surface area contributed by atoms with Gasteiger partial charge in [-0.2, -0.15) is 0 Å². The zero-order valence-electron chi connectivity index (χ0n) is 8.30. The van der Waals surface area contributed by atoms with Crippen molar-refractivity contribution in [2.24, 2.45) is 5.92 Å². The van der Waals surface area contributed by atoms with E-state index in [0.29, 0.717) is 6.42 Å². The maximum absolute atomic E-state index is 10.7. The van der Waals surface area contributed by atoms with Crippen molar-refractivity contribution in [2.45, 2.75) is 13.3 Å². The van der Waals surface area contributed by atoms with Crippen LogP contribution < -0.4 is 0 Å². The topological polar surface area (TPSA) is 50.2 Å². The van der Waals surface area contributed by atoms with Crippen molar-refractivity contribution in [2.75, 3.05) is 0 Å². The fraction of sp³-hybridized carbons (Fsp3) is 0.273. The number of carboxylic acid groups (broad SMARTS) is 1. The molecule has 0 fully saturated rings. The molecule has 0 unspecified atom stereocenters. The lowest BCUT2D eigenvalue weighted by Crippen LogP contribution is -2.11. The molecule has 0 saturated heterocycles. The summed E-state index contributed by atoms with van der Waals surface area (Å²) in [6.07, 6.45) is 0.509. The summed E-state index contributed by atoms with van der Waals surface area (Å²) in [5.41, 5.74) is 0.954. The molecule has 0 aliphatic rings. The molecule has 2 aromatic rings. The Hall–Kier alpha value is -1.42. The zero-order valence-corrected chi connectivity index (χ0v) is 9.12. The smallest absolute Gasteiger partial charge is 0.306 e. The molecule has 3 nitrogen and oxygen atoms in total. The predicted octanol–water partition coefficient (Wildman–Crippen LogP) is 2.56. The Bertz CT molecular complexity index is 459. The van der Waals surface area contributed by atoms with Crippen LogP contribution in [0.15, 0.2) is 24.3 Å². The van der Waals surface area contributed by atoms with Crippen molar-refractivity contribution >= 4 is 27.5 Å². The largest absolute Gasteiger partial charge is 0.481 e. The van der Waals surface area contributed by atoms with Gasteiger partial charge in [0.25, 0.3) is 0 Å². The average molecular weight is 221 g/mol. The van der Waals surface area contributed by atoms with Crippen LogP contribution in [0.2, 0.25) is 0 Å². The van der Waals surface area contributed by atoms with Gasteiger partial charge in [0.1, 0.15) is 0 Å². The van der Waals surface area contributed by atoms with Crippen LogP contribution in [0, 0.1) is 5.92 Å². The average Bonchev–Trinajstić information content (AvgIpc) is 2.59. The summed E-state index contributed by atoms with van der Waals surface area (Å²) in [7, 11) is 0. The highest BCUT2D eigenvalue weighted by molar-refractivity contribution is 7.18. The number of carbonyl (C=O) groups is 1. The van der Waals surface area contributed by atoms with E-state index in [4.69, 9.17) is 5.11 Å². The van der Waals surface area contributed by atoms with Gasteiger partial charge in [0.05, 0.1) is 21.1 Å². The molecular formula is C11H11NO2S. The van der Waals surface area contributed by atoms with Gasteiger partial charge in [0.2, 0.25) is 0 Å². The van der Waals surface area contributed by atoms with Crippen LogP contribution in [-0.4, -0.2) is 16.1 Å². The molecule has 15 heavy (non-hydrogen) atoms. The molecule has 0 spiro atoms. The highest BCUT2D eigenvalue weighted by Gasteiger charge is 2.14. The zero-order chi connectivity index (χ0) is 10.8. The lowest BCUT2D eigenvalue weighted by Gasteiger charge is -2.00. The van der Waals surface area contributed by atoms with E-state index in [1.807, 2.05) is 24.3 Å². The Morgan fingerprint density at radius 3 is 2.93 bits per heavy atom. The van der Waals surface area contributed by atoms with E-state index in [2.05, 4.69) is 4.98 Å². The number of thiazole rings is 1. The van der Waals surface area contributed by atoms with Gasteiger partial charge in [0.15, 0.2) is 0 Å². The van der Waals surface area contributed by atoms with Gasteiger partial charge < -0.3 is 5.11 Å². The maximum Gasteiger partial charge on any atom is 0.306 e. The second kappa shape index (κ2) is 3.98. The van der Waals surface area contributed by atoms with Crippen molar-refractivity contribution < 1.29 is 9.90 Å². The first-order valence-corrected chi connectivity index (χ1v) is 5.55. The number of carboxylic acids is 1. The third-order valence-electron chi connectivity index (χ3n) is 2.24. The molecule has 0 aliphatic heterocycles. The molecule has 0 radical (unpaired) electrons. The highest BCUT2D eigenvalue weighted by Crippen LogP contribution is 2.23. The summed E-state index contributed by atoms with van der Waals surface area (Å²) in [4.78, 5) is 15.1. The Morgan fingerprint density at radius 1 is 1.53 bits per heavy atom. The minimum Gasteiger partial charge on any atom is -0.481 e. The Balaban J connectivity index is 2.26. The molecule has 1 atom stereocenters.